The Balaban J connectivity index is 2.76. The lowest BCUT2D eigenvalue weighted by Gasteiger charge is -2.19. The molecule has 0 aliphatic carbocycles. The van der Waals surface area contributed by atoms with Crippen LogP contribution in [0.25, 0.3) is 0 Å². The third-order valence-corrected chi connectivity index (χ3v) is 3.00. The van der Waals surface area contributed by atoms with Gasteiger partial charge in [-0.25, -0.2) is 0 Å². The molecule has 3 N–H and O–H groups in total. The number of amides is 1. The first kappa shape index (κ1) is 14.5. The van der Waals surface area contributed by atoms with Crippen LogP contribution in [0.5, 0.6) is 0 Å². The predicted octanol–water partition coefficient (Wildman–Crippen LogP) is 2.54. The molecule has 0 saturated heterocycles. The summed E-state index contributed by atoms with van der Waals surface area (Å²) in [4.78, 5) is 14.0. The van der Waals surface area contributed by atoms with Gasteiger partial charge in [0.25, 0.3) is 5.91 Å². The maximum Gasteiger partial charge on any atom is 0.255 e. The molecular weight excluding hydrogens is 226 g/mol. The zero-order valence-corrected chi connectivity index (χ0v) is 11.5. The van der Waals surface area contributed by atoms with Crippen molar-refractivity contribution in [1.82, 2.24) is 4.90 Å². The SMILES string of the molecule is CCCCCN(C)C(=O)c1ccc(C)cc1NN. The zero-order valence-electron chi connectivity index (χ0n) is 11.5. The van der Waals surface area contributed by atoms with Crippen LogP contribution in [0.15, 0.2) is 18.2 Å². The van der Waals surface area contributed by atoms with Gasteiger partial charge in [-0.15, -0.1) is 0 Å². The molecule has 4 heteroatoms. The number of hydrogen-bond acceptors (Lipinski definition) is 3. The molecule has 0 bridgehead atoms. The molecule has 1 aromatic carbocycles. The Morgan fingerprint density at radius 3 is 2.72 bits per heavy atom. The van der Waals surface area contributed by atoms with Crippen LogP contribution in [-0.2, 0) is 0 Å². The summed E-state index contributed by atoms with van der Waals surface area (Å²) < 4.78 is 0. The quantitative estimate of drug-likeness (QED) is 0.463. The fourth-order valence-electron chi connectivity index (χ4n) is 1.87. The van der Waals surface area contributed by atoms with Gasteiger partial charge in [-0.1, -0.05) is 25.8 Å². The maximum atomic E-state index is 12.3. The molecule has 1 amide bonds. The highest BCUT2D eigenvalue weighted by molar-refractivity contribution is 5.99. The summed E-state index contributed by atoms with van der Waals surface area (Å²) in [6.07, 6.45) is 3.34. The monoisotopic (exact) mass is 249 g/mol. The van der Waals surface area contributed by atoms with Crippen molar-refractivity contribution >= 4 is 11.6 Å². The van der Waals surface area contributed by atoms with Crippen LogP contribution in [-0.4, -0.2) is 24.4 Å². The van der Waals surface area contributed by atoms with Gasteiger partial charge in [-0.2, -0.15) is 0 Å². The Bertz CT molecular complexity index is 404. The smallest absolute Gasteiger partial charge is 0.255 e. The Kier molecular flexibility index (Phi) is 5.65. The van der Waals surface area contributed by atoms with Crippen molar-refractivity contribution in [2.45, 2.75) is 33.1 Å². The highest BCUT2D eigenvalue weighted by Gasteiger charge is 2.15. The summed E-state index contributed by atoms with van der Waals surface area (Å²) in [5, 5.41) is 0. The minimum Gasteiger partial charge on any atom is -0.342 e. The number of nitrogen functional groups attached to an aromatic ring is 1. The summed E-state index contributed by atoms with van der Waals surface area (Å²) in [7, 11) is 1.83. The molecule has 0 aromatic heterocycles. The van der Waals surface area contributed by atoms with E-state index >= 15 is 0 Å². The summed E-state index contributed by atoms with van der Waals surface area (Å²) in [5.74, 6) is 5.47. The second-order valence-corrected chi connectivity index (χ2v) is 4.63. The molecule has 0 aliphatic rings. The summed E-state index contributed by atoms with van der Waals surface area (Å²) in [6.45, 7) is 4.91. The first-order chi connectivity index (χ1) is 8.60. The van der Waals surface area contributed by atoms with Gasteiger partial charge >= 0.3 is 0 Å². The summed E-state index contributed by atoms with van der Waals surface area (Å²) >= 11 is 0. The molecule has 0 fully saturated rings. The van der Waals surface area contributed by atoms with E-state index in [2.05, 4.69) is 12.3 Å². The largest absolute Gasteiger partial charge is 0.342 e. The average molecular weight is 249 g/mol. The van der Waals surface area contributed by atoms with Crippen LogP contribution in [0.3, 0.4) is 0 Å². The third kappa shape index (κ3) is 3.74. The number of anilines is 1. The minimum absolute atomic E-state index is 0.0130. The van der Waals surface area contributed by atoms with Crippen molar-refractivity contribution in [3.8, 4) is 0 Å². The van der Waals surface area contributed by atoms with Crippen molar-refractivity contribution in [2.24, 2.45) is 5.84 Å². The highest BCUT2D eigenvalue weighted by Crippen LogP contribution is 2.18. The van der Waals surface area contributed by atoms with Crippen molar-refractivity contribution in [3.05, 3.63) is 29.3 Å². The van der Waals surface area contributed by atoms with E-state index in [9.17, 15) is 4.79 Å². The molecule has 0 atom stereocenters. The molecule has 4 nitrogen and oxygen atoms in total. The predicted molar refractivity (Wildman–Crippen MR) is 75.5 cm³/mol. The molecular formula is C14H23N3O. The first-order valence-electron chi connectivity index (χ1n) is 6.42. The summed E-state index contributed by atoms with van der Waals surface area (Å²) in [5.41, 5.74) is 4.98. The van der Waals surface area contributed by atoms with Gasteiger partial charge in [0, 0.05) is 13.6 Å². The zero-order chi connectivity index (χ0) is 13.5. The number of carbonyl (C=O) groups is 1. The van der Waals surface area contributed by atoms with Crippen LogP contribution in [0.1, 0.15) is 42.1 Å². The van der Waals surface area contributed by atoms with E-state index in [4.69, 9.17) is 5.84 Å². The van der Waals surface area contributed by atoms with Crippen LogP contribution in [0, 0.1) is 6.92 Å². The van der Waals surface area contributed by atoms with Crippen molar-refractivity contribution in [2.75, 3.05) is 19.0 Å². The molecule has 0 heterocycles. The molecule has 0 aliphatic heterocycles. The van der Waals surface area contributed by atoms with Gasteiger partial charge in [0.05, 0.1) is 11.3 Å². The number of nitrogens with one attached hydrogen (secondary N) is 1. The van der Waals surface area contributed by atoms with Crippen molar-refractivity contribution < 1.29 is 4.79 Å². The van der Waals surface area contributed by atoms with Gasteiger partial charge in [-0.05, 0) is 31.0 Å². The number of carbonyl (C=O) groups excluding carboxylic acids is 1. The molecule has 0 radical (unpaired) electrons. The Morgan fingerprint density at radius 1 is 1.39 bits per heavy atom. The lowest BCUT2D eigenvalue weighted by molar-refractivity contribution is 0.0793. The molecule has 0 spiro atoms. The fourth-order valence-corrected chi connectivity index (χ4v) is 1.87. The van der Waals surface area contributed by atoms with E-state index in [0.717, 1.165) is 31.4 Å². The van der Waals surface area contributed by atoms with Crippen LogP contribution in [0.2, 0.25) is 0 Å². The van der Waals surface area contributed by atoms with Gasteiger partial charge in [-0.3, -0.25) is 10.6 Å². The maximum absolute atomic E-state index is 12.3. The Hall–Kier alpha value is -1.55. The average Bonchev–Trinajstić information content (AvgIpc) is 2.37. The first-order valence-corrected chi connectivity index (χ1v) is 6.42. The molecule has 18 heavy (non-hydrogen) atoms. The Morgan fingerprint density at radius 2 is 2.11 bits per heavy atom. The lowest BCUT2D eigenvalue weighted by atomic mass is 10.1. The molecule has 0 saturated carbocycles. The van der Waals surface area contributed by atoms with Gasteiger partial charge in [0.2, 0.25) is 0 Å². The number of hydrazine groups is 1. The van der Waals surface area contributed by atoms with Crippen LogP contribution >= 0.6 is 0 Å². The minimum atomic E-state index is 0.0130. The number of aryl methyl sites for hydroxylation is 1. The van der Waals surface area contributed by atoms with Crippen molar-refractivity contribution in [1.29, 1.82) is 0 Å². The molecule has 1 aromatic rings. The van der Waals surface area contributed by atoms with Gasteiger partial charge in [0.15, 0.2) is 0 Å². The van der Waals surface area contributed by atoms with Crippen LogP contribution in [0.4, 0.5) is 5.69 Å². The lowest BCUT2D eigenvalue weighted by Crippen LogP contribution is -2.29. The van der Waals surface area contributed by atoms with E-state index in [1.807, 2.05) is 32.2 Å². The standard InChI is InChI=1S/C14H23N3O/c1-4-5-6-9-17(3)14(18)12-8-7-11(2)10-13(12)16-15/h7-8,10,16H,4-6,9,15H2,1-3H3. The molecule has 0 unspecified atom stereocenters. The molecule has 100 valence electrons. The van der Waals surface area contributed by atoms with E-state index in [-0.39, 0.29) is 5.91 Å². The van der Waals surface area contributed by atoms with Gasteiger partial charge in [0.1, 0.15) is 0 Å². The third-order valence-electron chi connectivity index (χ3n) is 3.00. The second kappa shape index (κ2) is 7.01. The van der Waals surface area contributed by atoms with E-state index in [1.165, 1.54) is 0 Å². The van der Waals surface area contributed by atoms with Crippen molar-refractivity contribution in [3.63, 3.8) is 0 Å². The molecule has 1 rings (SSSR count). The van der Waals surface area contributed by atoms with Gasteiger partial charge < -0.3 is 10.3 Å². The number of nitrogens with zero attached hydrogens (tertiary/aromatic N) is 1. The van der Waals surface area contributed by atoms with E-state index in [1.54, 1.807) is 4.90 Å². The number of hydrogen-bond donors (Lipinski definition) is 2. The summed E-state index contributed by atoms with van der Waals surface area (Å²) in [6, 6.07) is 5.63. The second-order valence-electron chi connectivity index (χ2n) is 4.63. The topological polar surface area (TPSA) is 58.4 Å². The number of unbranched alkanes of at least 4 members (excludes halogenated alkanes) is 2. The number of benzene rings is 1. The highest BCUT2D eigenvalue weighted by atomic mass is 16.2. The normalized spacial score (nSPS) is 10.2. The fraction of sp³-hybridized carbons (Fsp3) is 0.500. The number of nitrogens with two attached hydrogens (primary N) is 1. The Labute approximate surface area is 109 Å². The van der Waals surface area contributed by atoms with E-state index < -0.39 is 0 Å². The van der Waals surface area contributed by atoms with Crippen LogP contribution < -0.4 is 11.3 Å². The number of rotatable bonds is 6. The van der Waals surface area contributed by atoms with E-state index in [0.29, 0.717) is 11.3 Å².